The molecule has 2 amide bonds. The number of amides is 2. The summed E-state index contributed by atoms with van der Waals surface area (Å²) in [7, 11) is 0. The number of ether oxygens (including phenoxy) is 1. The number of carbonyl (C=O) groups excluding carboxylic acids is 2. The lowest BCUT2D eigenvalue weighted by Crippen LogP contribution is -2.51. The molecule has 1 aliphatic rings. The van der Waals surface area contributed by atoms with Gasteiger partial charge < -0.3 is 15.0 Å². The van der Waals surface area contributed by atoms with Gasteiger partial charge in [0, 0.05) is 41.0 Å². The molecule has 31 heavy (non-hydrogen) atoms. The van der Waals surface area contributed by atoms with Crippen molar-refractivity contribution in [3.63, 3.8) is 0 Å². The van der Waals surface area contributed by atoms with Crippen molar-refractivity contribution in [2.24, 2.45) is 0 Å². The van der Waals surface area contributed by atoms with Crippen molar-refractivity contribution in [3.8, 4) is 0 Å². The molecule has 3 rings (SSSR count). The van der Waals surface area contributed by atoms with Crippen LogP contribution in [0.2, 0.25) is 5.02 Å². The summed E-state index contributed by atoms with van der Waals surface area (Å²) in [5.41, 5.74) is 0.269. The van der Waals surface area contributed by atoms with Gasteiger partial charge in [-0.2, -0.15) is 0 Å². The Hall–Kier alpha value is -2.22. The standard InChI is InChI=1S/C23H28ClN3O3S/c1-23(2,3)30-22(29)27-14-12-26(13-15-27)16-21(28)25-19-6-4-5-7-20(19)31-18-10-8-17(24)9-11-18/h4-11H,12-16H2,1-3H3,(H,25,28). The molecule has 0 unspecified atom stereocenters. The van der Waals surface area contributed by atoms with E-state index in [0.717, 1.165) is 15.5 Å². The van der Waals surface area contributed by atoms with Crippen LogP contribution in [0, 0.1) is 0 Å². The molecule has 1 aliphatic heterocycles. The molecule has 1 N–H and O–H groups in total. The predicted octanol–water partition coefficient (Wildman–Crippen LogP) is 4.98. The minimum atomic E-state index is -0.508. The molecule has 0 radical (unpaired) electrons. The van der Waals surface area contributed by atoms with Gasteiger partial charge in [0.2, 0.25) is 5.91 Å². The van der Waals surface area contributed by atoms with Gasteiger partial charge in [0.1, 0.15) is 5.60 Å². The van der Waals surface area contributed by atoms with E-state index in [4.69, 9.17) is 16.3 Å². The first-order valence-electron chi connectivity index (χ1n) is 10.2. The molecule has 1 fully saturated rings. The fraction of sp³-hybridized carbons (Fsp3) is 0.391. The zero-order valence-corrected chi connectivity index (χ0v) is 19.6. The molecule has 0 saturated carbocycles. The van der Waals surface area contributed by atoms with E-state index in [1.165, 1.54) is 0 Å². The van der Waals surface area contributed by atoms with E-state index in [1.54, 1.807) is 16.7 Å². The maximum atomic E-state index is 12.6. The summed E-state index contributed by atoms with van der Waals surface area (Å²) < 4.78 is 5.42. The van der Waals surface area contributed by atoms with E-state index >= 15 is 0 Å². The third-order valence-electron chi connectivity index (χ3n) is 4.59. The van der Waals surface area contributed by atoms with Gasteiger partial charge in [-0.05, 0) is 57.2 Å². The van der Waals surface area contributed by atoms with Gasteiger partial charge in [-0.3, -0.25) is 9.69 Å². The lowest BCUT2D eigenvalue weighted by molar-refractivity contribution is -0.117. The van der Waals surface area contributed by atoms with Crippen LogP contribution in [0.15, 0.2) is 58.3 Å². The molecule has 8 heteroatoms. The number of nitrogens with zero attached hydrogens (tertiary/aromatic N) is 2. The van der Waals surface area contributed by atoms with E-state index in [2.05, 4.69) is 5.32 Å². The van der Waals surface area contributed by atoms with Crippen molar-refractivity contribution in [1.29, 1.82) is 0 Å². The summed E-state index contributed by atoms with van der Waals surface area (Å²) >= 11 is 7.54. The molecule has 1 saturated heterocycles. The van der Waals surface area contributed by atoms with Crippen LogP contribution in [0.25, 0.3) is 0 Å². The number of rotatable bonds is 5. The molecule has 0 bridgehead atoms. The van der Waals surface area contributed by atoms with E-state index < -0.39 is 5.60 Å². The highest BCUT2D eigenvalue weighted by atomic mass is 35.5. The molecule has 2 aromatic rings. The highest BCUT2D eigenvalue weighted by Crippen LogP contribution is 2.33. The Balaban J connectivity index is 1.51. The highest BCUT2D eigenvalue weighted by molar-refractivity contribution is 7.99. The number of hydrogen-bond acceptors (Lipinski definition) is 5. The van der Waals surface area contributed by atoms with Crippen molar-refractivity contribution in [3.05, 3.63) is 53.6 Å². The summed E-state index contributed by atoms with van der Waals surface area (Å²) in [5, 5.41) is 3.71. The van der Waals surface area contributed by atoms with Crippen LogP contribution in [0.5, 0.6) is 0 Å². The van der Waals surface area contributed by atoms with Gasteiger partial charge in [-0.25, -0.2) is 4.79 Å². The summed E-state index contributed by atoms with van der Waals surface area (Å²) in [6.45, 7) is 8.21. The van der Waals surface area contributed by atoms with Crippen LogP contribution in [0.1, 0.15) is 20.8 Å². The van der Waals surface area contributed by atoms with Crippen molar-refractivity contribution in [2.75, 3.05) is 38.0 Å². The second kappa shape index (κ2) is 10.4. The SMILES string of the molecule is CC(C)(C)OC(=O)N1CCN(CC(=O)Nc2ccccc2Sc2ccc(Cl)cc2)CC1. The Morgan fingerprint density at radius 3 is 2.32 bits per heavy atom. The molecule has 0 aliphatic carbocycles. The first-order chi connectivity index (χ1) is 14.7. The minimum absolute atomic E-state index is 0.0742. The summed E-state index contributed by atoms with van der Waals surface area (Å²) in [6.07, 6.45) is -0.301. The van der Waals surface area contributed by atoms with Crippen molar-refractivity contribution < 1.29 is 14.3 Å². The molecular weight excluding hydrogens is 434 g/mol. The van der Waals surface area contributed by atoms with Crippen molar-refractivity contribution in [2.45, 2.75) is 36.2 Å². The molecule has 6 nitrogen and oxygen atoms in total. The van der Waals surface area contributed by atoms with Gasteiger partial charge >= 0.3 is 6.09 Å². The van der Waals surface area contributed by atoms with Crippen LogP contribution in [0.3, 0.4) is 0 Å². The topological polar surface area (TPSA) is 61.9 Å². The molecule has 0 atom stereocenters. The molecule has 166 valence electrons. The van der Waals surface area contributed by atoms with E-state index in [1.807, 2.05) is 74.2 Å². The second-order valence-corrected chi connectivity index (χ2v) is 9.90. The van der Waals surface area contributed by atoms with Gasteiger partial charge in [0.15, 0.2) is 0 Å². The lowest BCUT2D eigenvalue weighted by Gasteiger charge is -2.35. The van der Waals surface area contributed by atoms with Crippen molar-refractivity contribution >= 4 is 41.1 Å². The Labute approximate surface area is 192 Å². The second-order valence-electron chi connectivity index (χ2n) is 8.34. The Kier molecular flexibility index (Phi) is 7.86. The Morgan fingerprint density at radius 2 is 1.68 bits per heavy atom. The average molecular weight is 462 g/mol. The smallest absolute Gasteiger partial charge is 0.410 e. The zero-order valence-electron chi connectivity index (χ0n) is 18.1. The maximum absolute atomic E-state index is 12.6. The highest BCUT2D eigenvalue weighted by Gasteiger charge is 2.26. The van der Waals surface area contributed by atoms with E-state index in [9.17, 15) is 9.59 Å². The van der Waals surface area contributed by atoms with Crippen LogP contribution in [-0.4, -0.2) is 60.1 Å². The first-order valence-corrected chi connectivity index (χ1v) is 11.4. The number of piperazine rings is 1. The number of halogens is 1. The lowest BCUT2D eigenvalue weighted by atomic mass is 10.2. The average Bonchev–Trinajstić information content (AvgIpc) is 2.70. The third-order valence-corrected chi connectivity index (χ3v) is 5.93. The first kappa shape index (κ1) is 23.4. The largest absolute Gasteiger partial charge is 0.444 e. The van der Waals surface area contributed by atoms with Crippen LogP contribution in [0.4, 0.5) is 10.5 Å². The normalized spacial score (nSPS) is 14.9. The quantitative estimate of drug-likeness (QED) is 0.680. The van der Waals surface area contributed by atoms with Crippen LogP contribution in [-0.2, 0) is 9.53 Å². The summed E-state index contributed by atoms with van der Waals surface area (Å²) in [6, 6.07) is 15.3. The van der Waals surface area contributed by atoms with Gasteiger partial charge in [-0.15, -0.1) is 0 Å². The number of hydrogen-bond donors (Lipinski definition) is 1. The number of anilines is 1. The minimum Gasteiger partial charge on any atom is -0.444 e. The molecule has 0 aromatic heterocycles. The Morgan fingerprint density at radius 1 is 1.03 bits per heavy atom. The predicted molar refractivity (Wildman–Crippen MR) is 125 cm³/mol. The summed E-state index contributed by atoms with van der Waals surface area (Å²) in [5.74, 6) is -0.0742. The van der Waals surface area contributed by atoms with Gasteiger partial charge in [0.25, 0.3) is 0 Å². The van der Waals surface area contributed by atoms with Crippen molar-refractivity contribution in [1.82, 2.24) is 9.80 Å². The van der Waals surface area contributed by atoms with Gasteiger partial charge in [0.05, 0.1) is 12.2 Å². The van der Waals surface area contributed by atoms with Gasteiger partial charge in [-0.1, -0.05) is 35.5 Å². The fourth-order valence-electron chi connectivity index (χ4n) is 3.10. The molecule has 2 aromatic carbocycles. The molecular formula is C23H28ClN3O3S. The molecule has 1 heterocycles. The number of carbonyl (C=O) groups is 2. The fourth-order valence-corrected chi connectivity index (χ4v) is 4.12. The number of para-hydroxylation sites is 1. The number of benzene rings is 2. The third kappa shape index (κ3) is 7.45. The van der Waals surface area contributed by atoms with E-state index in [0.29, 0.717) is 31.2 Å². The van der Waals surface area contributed by atoms with E-state index in [-0.39, 0.29) is 18.5 Å². The number of nitrogens with one attached hydrogen (secondary N) is 1. The molecule has 0 spiro atoms. The zero-order chi connectivity index (χ0) is 22.4. The maximum Gasteiger partial charge on any atom is 0.410 e. The Bertz CT molecular complexity index is 907. The van der Waals surface area contributed by atoms with Crippen LogP contribution < -0.4 is 5.32 Å². The monoisotopic (exact) mass is 461 g/mol. The summed E-state index contributed by atoms with van der Waals surface area (Å²) in [4.78, 5) is 30.6. The van der Waals surface area contributed by atoms with Crippen LogP contribution >= 0.6 is 23.4 Å².